The normalized spacial score (nSPS) is 10.9. The maximum atomic E-state index is 12.8. The highest BCUT2D eigenvalue weighted by molar-refractivity contribution is 5.99. The van der Waals surface area contributed by atoms with Crippen LogP contribution < -0.4 is 5.32 Å². The molecule has 6 heteroatoms. The molecule has 5 nitrogen and oxygen atoms in total. The molecule has 0 atom stereocenters. The molecule has 2 rings (SSSR count). The van der Waals surface area contributed by atoms with Gasteiger partial charge in [-0.3, -0.25) is 9.59 Å². The van der Waals surface area contributed by atoms with Crippen molar-refractivity contribution < 1.29 is 23.5 Å². The van der Waals surface area contributed by atoms with Crippen LogP contribution in [-0.4, -0.2) is 24.3 Å². The number of esters is 1. The van der Waals surface area contributed by atoms with E-state index >= 15 is 0 Å². The third kappa shape index (κ3) is 7.15. The zero-order chi connectivity index (χ0) is 20.5. The molecule has 1 amide bonds. The van der Waals surface area contributed by atoms with E-state index in [9.17, 15) is 18.8 Å². The Hall–Kier alpha value is -3.28. The van der Waals surface area contributed by atoms with Gasteiger partial charge in [0, 0.05) is 23.7 Å². The largest absolute Gasteiger partial charge is 0.454 e. The van der Waals surface area contributed by atoms with Crippen molar-refractivity contribution >= 4 is 29.4 Å². The molecule has 28 heavy (non-hydrogen) atoms. The second-order valence-electron chi connectivity index (χ2n) is 6.64. The Kier molecular flexibility index (Phi) is 7.63. The number of rotatable bonds is 8. The van der Waals surface area contributed by atoms with E-state index in [1.54, 1.807) is 24.3 Å². The second kappa shape index (κ2) is 10.2. The van der Waals surface area contributed by atoms with Crippen molar-refractivity contribution in [3.05, 3.63) is 71.6 Å². The van der Waals surface area contributed by atoms with Crippen molar-refractivity contribution in [3.63, 3.8) is 0 Å². The predicted octanol–water partition coefficient (Wildman–Crippen LogP) is 4.25. The molecule has 0 heterocycles. The van der Waals surface area contributed by atoms with Gasteiger partial charge >= 0.3 is 5.97 Å². The number of anilines is 1. The fourth-order valence-corrected chi connectivity index (χ4v) is 2.33. The van der Waals surface area contributed by atoms with Crippen molar-refractivity contribution in [2.75, 3.05) is 11.9 Å². The number of benzene rings is 2. The zero-order valence-electron chi connectivity index (χ0n) is 15.8. The third-order valence-corrected chi connectivity index (χ3v) is 3.71. The number of amides is 1. The van der Waals surface area contributed by atoms with Crippen LogP contribution in [0.4, 0.5) is 10.1 Å². The molecule has 0 fully saturated rings. The van der Waals surface area contributed by atoms with Crippen molar-refractivity contribution in [3.8, 4) is 0 Å². The van der Waals surface area contributed by atoms with Gasteiger partial charge in [0.1, 0.15) is 5.82 Å². The number of carbonyl (C=O) groups is 3. The van der Waals surface area contributed by atoms with Gasteiger partial charge in [0.25, 0.3) is 0 Å². The number of halogens is 1. The number of hydrogen-bond acceptors (Lipinski definition) is 4. The van der Waals surface area contributed by atoms with Gasteiger partial charge in [-0.05, 0) is 54.0 Å². The third-order valence-electron chi connectivity index (χ3n) is 3.71. The summed E-state index contributed by atoms with van der Waals surface area (Å²) in [5.74, 6) is -1.22. The van der Waals surface area contributed by atoms with E-state index in [2.05, 4.69) is 5.32 Å². The lowest BCUT2D eigenvalue weighted by Gasteiger charge is -2.08. The molecule has 0 saturated carbocycles. The smallest absolute Gasteiger partial charge is 0.331 e. The topological polar surface area (TPSA) is 72.5 Å². The monoisotopic (exact) mass is 383 g/mol. The first-order valence-corrected chi connectivity index (χ1v) is 8.87. The van der Waals surface area contributed by atoms with Gasteiger partial charge < -0.3 is 10.1 Å². The molecule has 1 N–H and O–H groups in total. The molecule has 0 bridgehead atoms. The minimum Gasteiger partial charge on any atom is -0.454 e. The molecule has 0 aromatic heterocycles. The van der Waals surface area contributed by atoms with E-state index in [4.69, 9.17) is 4.74 Å². The number of carbonyl (C=O) groups excluding carboxylic acids is 3. The van der Waals surface area contributed by atoms with E-state index in [-0.39, 0.29) is 23.4 Å². The minimum atomic E-state index is -0.671. The number of nitrogens with one attached hydrogen (secondary N) is 1. The highest BCUT2D eigenvalue weighted by Crippen LogP contribution is 2.12. The van der Waals surface area contributed by atoms with Crippen LogP contribution in [0.5, 0.6) is 0 Å². The molecule has 0 spiro atoms. The first-order valence-electron chi connectivity index (χ1n) is 8.87. The van der Waals surface area contributed by atoms with Crippen molar-refractivity contribution in [1.82, 2.24) is 0 Å². The maximum Gasteiger partial charge on any atom is 0.331 e. The molecule has 146 valence electrons. The van der Waals surface area contributed by atoms with Crippen molar-refractivity contribution in [2.24, 2.45) is 5.92 Å². The minimum absolute atomic E-state index is 0.0871. The molecular weight excluding hydrogens is 361 g/mol. The Labute approximate surface area is 163 Å². The standard InChI is InChI=1S/C22H22FNO4/c1-15(2)13-21(26)24-19-10-6-17(7-11-19)20(25)14-28-22(27)12-5-16-3-8-18(23)9-4-16/h3-12,15H,13-14H2,1-2H3,(H,24,26)/b12-5+. The lowest BCUT2D eigenvalue weighted by Crippen LogP contribution is -2.14. The highest BCUT2D eigenvalue weighted by atomic mass is 19.1. The summed E-state index contributed by atoms with van der Waals surface area (Å²) < 4.78 is 17.7. The lowest BCUT2D eigenvalue weighted by molar-refractivity contribution is -0.136. The fraction of sp³-hybridized carbons (Fsp3) is 0.227. The molecular formula is C22H22FNO4. The summed E-state index contributed by atoms with van der Waals surface area (Å²) in [6.07, 6.45) is 3.07. The maximum absolute atomic E-state index is 12.8. The van der Waals surface area contributed by atoms with Crippen LogP contribution >= 0.6 is 0 Å². The summed E-state index contributed by atoms with van der Waals surface area (Å²) in [5.41, 5.74) is 1.61. The van der Waals surface area contributed by atoms with E-state index in [0.29, 0.717) is 23.2 Å². The van der Waals surface area contributed by atoms with E-state index in [1.807, 2.05) is 13.8 Å². The summed E-state index contributed by atoms with van der Waals surface area (Å²) in [7, 11) is 0. The van der Waals surface area contributed by atoms with Crippen LogP contribution in [0, 0.1) is 11.7 Å². The quantitative estimate of drug-likeness (QED) is 0.420. The summed E-state index contributed by atoms with van der Waals surface area (Å²) >= 11 is 0. The van der Waals surface area contributed by atoms with Gasteiger partial charge in [0.15, 0.2) is 12.4 Å². The molecule has 2 aromatic rings. The van der Waals surface area contributed by atoms with Gasteiger partial charge in [0.05, 0.1) is 0 Å². The Bertz CT molecular complexity index is 855. The number of ether oxygens (including phenoxy) is 1. The number of hydrogen-bond donors (Lipinski definition) is 1. The van der Waals surface area contributed by atoms with Gasteiger partial charge in [-0.15, -0.1) is 0 Å². The van der Waals surface area contributed by atoms with Gasteiger partial charge in [0.2, 0.25) is 5.91 Å². The Morgan fingerprint density at radius 1 is 1.04 bits per heavy atom. The molecule has 0 aliphatic rings. The number of ketones is 1. The Balaban J connectivity index is 1.82. The SMILES string of the molecule is CC(C)CC(=O)Nc1ccc(C(=O)COC(=O)/C=C/c2ccc(F)cc2)cc1. The molecule has 2 aromatic carbocycles. The van der Waals surface area contributed by atoms with Crippen molar-refractivity contribution in [1.29, 1.82) is 0 Å². The predicted molar refractivity (Wildman–Crippen MR) is 105 cm³/mol. The molecule has 0 aliphatic carbocycles. The lowest BCUT2D eigenvalue weighted by atomic mass is 10.1. The first kappa shape index (κ1) is 21.0. The summed E-state index contributed by atoms with van der Waals surface area (Å²) in [5, 5.41) is 2.76. The van der Waals surface area contributed by atoms with E-state index in [1.165, 1.54) is 36.4 Å². The summed E-state index contributed by atoms with van der Waals surface area (Å²) in [6, 6.07) is 12.0. The fourth-order valence-electron chi connectivity index (χ4n) is 2.33. The zero-order valence-corrected chi connectivity index (χ0v) is 15.8. The van der Waals surface area contributed by atoms with Crippen LogP contribution in [0.1, 0.15) is 36.2 Å². The Morgan fingerprint density at radius 3 is 2.29 bits per heavy atom. The molecule has 0 aliphatic heterocycles. The van der Waals surface area contributed by atoms with Crippen LogP contribution in [-0.2, 0) is 14.3 Å². The highest BCUT2D eigenvalue weighted by Gasteiger charge is 2.10. The second-order valence-corrected chi connectivity index (χ2v) is 6.64. The van der Waals surface area contributed by atoms with Gasteiger partial charge in [-0.2, -0.15) is 0 Å². The van der Waals surface area contributed by atoms with Crippen LogP contribution in [0.2, 0.25) is 0 Å². The van der Waals surface area contributed by atoms with Crippen LogP contribution in [0.25, 0.3) is 6.08 Å². The molecule has 0 saturated heterocycles. The van der Waals surface area contributed by atoms with Gasteiger partial charge in [-0.1, -0.05) is 26.0 Å². The summed E-state index contributed by atoms with van der Waals surface area (Å²) in [6.45, 7) is 3.51. The molecule has 0 radical (unpaired) electrons. The van der Waals surface area contributed by atoms with Crippen LogP contribution in [0.15, 0.2) is 54.6 Å². The van der Waals surface area contributed by atoms with E-state index < -0.39 is 12.6 Å². The van der Waals surface area contributed by atoms with Crippen LogP contribution in [0.3, 0.4) is 0 Å². The van der Waals surface area contributed by atoms with Gasteiger partial charge in [-0.25, -0.2) is 9.18 Å². The molecule has 0 unspecified atom stereocenters. The number of Topliss-reactive ketones (excluding diaryl/α,β-unsaturated/α-hetero) is 1. The van der Waals surface area contributed by atoms with E-state index in [0.717, 1.165) is 0 Å². The summed E-state index contributed by atoms with van der Waals surface area (Å²) in [4.78, 5) is 35.5. The Morgan fingerprint density at radius 2 is 1.68 bits per heavy atom. The average molecular weight is 383 g/mol. The van der Waals surface area contributed by atoms with Crippen molar-refractivity contribution in [2.45, 2.75) is 20.3 Å². The average Bonchev–Trinajstić information content (AvgIpc) is 2.65. The first-order chi connectivity index (χ1) is 13.3.